The highest BCUT2D eigenvalue weighted by Crippen LogP contribution is 2.58. The molecule has 0 spiro atoms. The third-order valence-corrected chi connectivity index (χ3v) is 24.0. The fourth-order valence-electron chi connectivity index (χ4n) is 17.5. The van der Waals surface area contributed by atoms with Crippen LogP contribution in [-0.2, 0) is 16.2 Å². The van der Waals surface area contributed by atoms with E-state index >= 15 is 0 Å². The molecule has 0 N–H and O–H groups in total. The van der Waals surface area contributed by atoms with E-state index in [1.54, 1.807) is 15.9 Å². The summed E-state index contributed by atoms with van der Waals surface area (Å²) in [6.45, 7) is 19.3. The first-order valence-corrected chi connectivity index (χ1v) is 38.1. The van der Waals surface area contributed by atoms with Crippen LogP contribution in [0.1, 0.15) is 94.1 Å². The van der Waals surface area contributed by atoms with Gasteiger partial charge in [-0.05, 0) is 189 Å². The second-order valence-electron chi connectivity index (χ2n) is 32.3. The monoisotopic (exact) mass is 1410 g/mol. The SMILES string of the molecule is [2H]c1c([2H])c(-n2c3ccccc3c3c4ccc5cccc6ccc(cc32)c4c65)c([2H])c2c1B1c3sc4ccc(-n5c6c([2H])c([2H])c([2H])c([2H])c6c6c([2H])c([2H])c([2H])c([2H])c65)cc4c3N(c3c(-c4ccccc4)cc(C(C)(C)C)cc3-c3ccccc3)c3cc(C(C)(C)C)cc(c31)N2c1c(-c2ccccc2)cc(C(C)(C)C)cc1-c1ccccc1. The third-order valence-electron chi connectivity index (χ3n) is 22.8. The fourth-order valence-corrected chi connectivity index (χ4v) is 18.8. The summed E-state index contributed by atoms with van der Waals surface area (Å²) in [6, 6.07) is 83.9. The van der Waals surface area contributed by atoms with Crippen molar-refractivity contribution < 1.29 is 15.1 Å². The van der Waals surface area contributed by atoms with Crippen LogP contribution in [0.25, 0.3) is 142 Å². The summed E-state index contributed by atoms with van der Waals surface area (Å²) in [4.78, 5) is 4.78. The lowest BCUT2D eigenvalue weighted by molar-refractivity contribution is 0.590. The highest BCUT2D eigenvalue weighted by molar-refractivity contribution is 7.33. The second-order valence-corrected chi connectivity index (χ2v) is 33.4. The Morgan fingerprint density at radius 3 is 1.36 bits per heavy atom. The van der Waals surface area contributed by atoms with Crippen molar-refractivity contribution in [2.24, 2.45) is 0 Å². The lowest BCUT2D eigenvalue weighted by Gasteiger charge is -2.46. The van der Waals surface area contributed by atoms with Crippen LogP contribution in [-0.4, -0.2) is 15.8 Å². The van der Waals surface area contributed by atoms with Crippen molar-refractivity contribution in [3.8, 4) is 55.9 Å². The first kappa shape index (κ1) is 53.5. The molecule has 5 heterocycles. The van der Waals surface area contributed by atoms with E-state index in [9.17, 15) is 12.3 Å². The number of para-hydroxylation sites is 3. The Morgan fingerprint density at radius 2 is 0.806 bits per heavy atom. The molecule has 0 radical (unpaired) electrons. The second kappa shape index (κ2) is 23.6. The van der Waals surface area contributed by atoms with Gasteiger partial charge < -0.3 is 18.9 Å². The molecule has 19 aromatic rings. The molecule has 0 amide bonds. The maximum Gasteiger partial charge on any atom is 0.264 e. The Bertz CT molecular complexity index is 7410. The molecule has 0 bridgehead atoms. The average Bonchev–Trinajstić information content (AvgIpc) is 1.66. The van der Waals surface area contributed by atoms with Gasteiger partial charge >= 0.3 is 0 Å². The van der Waals surface area contributed by atoms with Gasteiger partial charge in [-0.2, -0.15) is 0 Å². The zero-order valence-corrected chi connectivity index (χ0v) is 62.3. The van der Waals surface area contributed by atoms with Crippen molar-refractivity contribution in [3.63, 3.8) is 0 Å². The van der Waals surface area contributed by atoms with Crippen LogP contribution in [0.4, 0.5) is 34.1 Å². The molecule has 0 saturated carbocycles. The Hall–Kier alpha value is -12.2. The van der Waals surface area contributed by atoms with Crippen LogP contribution in [0.3, 0.4) is 0 Å². The number of anilines is 6. The van der Waals surface area contributed by atoms with E-state index in [0.29, 0.717) is 22.2 Å². The van der Waals surface area contributed by atoms with Gasteiger partial charge in [-0.1, -0.05) is 287 Å². The predicted molar refractivity (Wildman–Crippen MR) is 466 cm³/mol. The minimum absolute atomic E-state index is 0.00392. The van der Waals surface area contributed by atoms with Crippen LogP contribution in [0.5, 0.6) is 0 Å². The zero-order valence-electron chi connectivity index (χ0n) is 72.4. The third kappa shape index (κ3) is 9.68. The maximum atomic E-state index is 12.0. The Labute approximate surface area is 650 Å². The standard InChI is InChI=1S/C102H79BN4S/c1-100(2,3)69-54-78(62-29-14-10-15-30-62)96(79(55-69)63-31-16-11-17-32-63)106-87-61-73(105-86-44-27-24-41-76(86)94-77-50-47-67-38-28-37-66-45-46-68(53-88(94)105)93(77)92(66)67)48-51-83(87)103-95-89(106)58-71(102(7,8)9)59-90(95)107(97-80(64-33-18-12-19-34-64)56-70(101(4,5)6)57-81(97)65-35-20-13-21-36-65)98-82-60-72(49-52-91(82)108-99(98)103)104-84-42-25-22-39-74(84)75-40-23-26-43-85(75)104/h10-61H,1-9H3/i22D,23D,25D,26D,39D,40D,42D,43D,48D,51D,61D. The summed E-state index contributed by atoms with van der Waals surface area (Å²) in [6.07, 6.45) is 0. The summed E-state index contributed by atoms with van der Waals surface area (Å²) in [5.74, 6) is 0. The largest absolute Gasteiger partial charge is 0.310 e. The minimum atomic E-state index is -0.892. The van der Waals surface area contributed by atoms with Gasteiger partial charge in [-0.25, -0.2) is 0 Å². The molecule has 3 aromatic heterocycles. The number of benzene rings is 16. The Balaban J connectivity index is 0.982. The highest BCUT2D eigenvalue weighted by atomic mass is 32.1. The Kier molecular flexibility index (Phi) is 11.7. The molecule has 16 aromatic carbocycles. The number of fused-ring (bicyclic) bond motifs is 13. The topological polar surface area (TPSA) is 16.3 Å². The molecule has 2 aliphatic heterocycles. The zero-order chi connectivity index (χ0) is 82.4. The van der Waals surface area contributed by atoms with Gasteiger partial charge in [0.15, 0.2) is 0 Å². The van der Waals surface area contributed by atoms with Crippen LogP contribution in [0.15, 0.2) is 315 Å². The molecule has 108 heavy (non-hydrogen) atoms. The molecular formula is C102H79BN4S. The van der Waals surface area contributed by atoms with Gasteiger partial charge in [0.1, 0.15) is 0 Å². The molecule has 6 heteroatoms. The molecule has 21 rings (SSSR count). The molecule has 0 aliphatic carbocycles. The molecule has 0 atom stereocenters. The number of nitrogens with zero attached hydrogens (tertiary/aromatic N) is 4. The van der Waals surface area contributed by atoms with Gasteiger partial charge in [0, 0.05) is 87.1 Å². The van der Waals surface area contributed by atoms with Gasteiger partial charge in [0.05, 0.1) is 54.2 Å². The molecular weight excluding hydrogens is 1320 g/mol. The molecule has 2 aliphatic rings. The van der Waals surface area contributed by atoms with Crippen molar-refractivity contribution in [1.29, 1.82) is 0 Å². The summed E-state index contributed by atoms with van der Waals surface area (Å²) in [5, 5.41) is 9.21. The molecule has 0 saturated heterocycles. The van der Waals surface area contributed by atoms with Gasteiger partial charge in [0.25, 0.3) is 6.71 Å². The van der Waals surface area contributed by atoms with Crippen molar-refractivity contribution in [2.45, 2.75) is 78.6 Å². The van der Waals surface area contributed by atoms with E-state index in [-0.39, 0.29) is 56.5 Å². The summed E-state index contributed by atoms with van der Waals surface area (Å²) >= 11 is 1.56. The van der Waals surface area contributed by atoms with E-state index in [1.165, 1.54) is 5.39 Å². The van der Waals surface area contributed by atoms with Crippen molar-refractivity contribution in [3.05, 3.63) is 332 Å². The van der Waals surface area contributed by atoms with Crippen molar-refractivity contribution in [2.75, 3.05) is 9.80 Å². The van der Waals surface area contributed by atoms with E-state index in [0.717, 1.165) is 153 Å². The van der Waals surface area contributed by atoms with Gasteiger partial charge in [0.2, 0.25) is 0 Å². The molecule has 0 fully saturated rings. The summed E-state index contributed by atoms with van der Waals surface area (Å²) < 4.78 is 116. The Morgan fingerprint density at radius 1 is 0.324 bits per heavy atom. The van der Waals surface area contributed by atoms with E-state index < -0.39 is 60.5 Å². The van der Waals surface area contributed by atoms with Crippen LogP contribution in [0, 0.1) is 0 Å². The van der Waals surface area contributed by atoms with Crippen LogP contribution < -0.4 is 25.5 Å². The number of aromatic nitrogens is 2. The number of hydrogen-bond acceptors (Lipinski definition) is 3. The summed E-state index contributed by atoms with van der Waals surface area (Å²) in [5.41, 5.74) is 17.1. The van der Waals surface area contributed by atoms with Crippen LogP contribution >= 0.6 is 11.3 Å². The number of thiophene rings is 1. The first-order valence-electron chi connectivity index (χ1n) is 42.8. The van der Waals surface area contributed by atoms with Crippen LogP contribution in [0.2, 0.25) is 0 Å². The minimum Gasteiger partial charge on any atom is -0.310 e. The number of rotatable bonds is 8. The molecule has 4 nitrogen and oxygen atoms in total. The van der Waals surface area contributed by atoms with E-state index in [1.807, 2.05) is 48.5 Å². The normalized spacial score (nSPS) is 14.6. The predicted octanol–water partition coefficient (Wildman–Crippen LogP) is 26.6. The summed E-state index contributed by atoms with van der Waals surface area (Å²) in [7, 11) is 0. The van der Waals surface area contributed by atoms with Crippen molar-refractivity contribution in [1.82, 2.24) is 9.13 Å². The highest BCUT2D eigenvalue weighted by Gasteiger charge is 2.48. The van der Waals surface area contributed by atoms with Gasteiger partial charge in [-0.15, -0.1) is 11.3 Å². The molecule has 516 valence electrons. The first-order chi connectivity index (χ1) is 57.1. The van der Waals surface area contributed by atoms with Crippen molar-refractivity contribution >= 4 is 154 Å². The molecule has 0 unspecified atom stereocenters. The average molecular weight is 1410 g/mol. The lowest BCUT2D eigenvalue weighted by atomic mass is 9.36. The maximum absolute atomic E-state index is 12.0. The van der Waals surface area contributed by atoms with E-state index in [4.69, 9.17) is 2.74 Å². The quantitative estimate of drug-likeness (QED) is 0.111. The lowest BCUT2D eigenvalue weighted by Crippen LogP contribution is -2.60. The van der Waals surface area contributed by atoms with E-state index in [2.05, 4.69) is 277 Å². The van der Waals surface area contributed by atoms with Gasteiger partial charge in [-0.3, -0.25) is 0 Å². The fraction of sp³-hybridized carbons (Fsp3) is 0.118. The number of hydrogen-bond donors (Lipinski definition) is 0. The smallest absolute Gasteiger partial charge is 0.264 e.